The Morgan fingerprint density at radius 1 is 0.962 bits per heavy atom. The lowest BCUT2D eigenvalue weighted by Crippen LogP contribution is -2.00. The summed E-state index contributed by atoms with van der Waals surface area (Å²) in [6.45, 7) is 2.14. The second kappa shape index (κ2) is 7.26. The number of pyridine rings is 1. The summed E-state index contributed by atoms with van der Waals surface area (Å²) in [5.74, 6) is 0.876. The highest BCUT2D eigenvalue weighted by Gasteiger charge is 2.08. The Morgan fingerprint density at radius 2 is 1.77 bits per heavy atom. The fourth-order valence-electron chi connectivity index (χ4n) is 3.14. The molecule has 3 aromatic heterocycles. The van der Waals surface area contributed by atoms with E-state index in [2.05, 4.69) is 51.1 Å². The summed E-state index contributed by atoms with van der Waals surface area (Å²) in [5, 5.41) is 1.68. The van der Waals surface area contributed by atoms with Crippen molar-refractivity contribution in [2.75, 3.05) is 0 Å². The molecule has 1 N–H and O–H groups in total. The van der Waals surface area contributed by atoms with Crippen LogP contribution in [-0.2, 0) is 19.3 Å². The molecule has 0 unspecified atom stereocenters. The van der Waals surface area contributed by atoms with Crippen LogP contribution in [0.1, 0.15) is 28.1 Å². The van der Waals surface area contributed by atoms with Crippen LogP contribution in [-0.4, -0.2) is 19.9 Å². The minimum absolute atomic E-state index is 0.640. The number of benzene rings is 1. The van der Waals surface area contributed by atoms with Crippen LogP contribution in [0.25, 0.3) is 11.0 Å². The van der Waals surface area contributed by atoms with Crippen molar-refractivity contribution in [1.82, 2.24) is 19.9 Å². The van der Waals surface area contributed by atoms with E-state index < -0.39 is 0 Å². The molecule has 5 heteroatoms. The van der Waals surface area contributed by atoms with E-state index in [0.717, 1.165) is 47.2 Å². The number of halogens is 1. The molecule has 0 aliphatic rings. The smallest absolute Gasteiger partial charge is 0.137 e. The third-order valence-electron chi connectivity index (χ3n) is 4.62. The SMILES string of the molecule is Cc1ccccc1CCc1ncc(Cc2c[nH]c3ncc(Cl)cc23)cn1. The van der Waals surface area contributed by atoms with Crippen LogP contribution in [0, 0.1) is 6.92 Å². The van der Waals surface area contributed by atoms with Crippen LogP contribution in [0.5, 0.6) is 0 Å². The van der Waals surface area contributed by atoms with Crippen LogP contribution in [0.4, 0.5) is 0 Å². The zero-order chi connectivity index (χ0) is 17.9. The molecule has 1 aromatic carbocycles. The quantitative estimate of drug-likeness (QED) is 0.560. The largest absolute Gasteiger partial charge is 0.346 e. The lowest BCUT2D eigenvalue weighted by atomic mass is 10.0. The van der Waals surface area contributed by atoms with E-state index in [1.54, 1.807) is 6.20 Å². The predicted molar refractivity (Wildman–Crippen MR) is 105 cm³/mol. The molecule has 0 saturated carbocycles. The molecule has 0 aliphatic carbocycles. The number of nitrogens with one attached hydrogen (secondary N) is 1. The minimum atomic E-state index is 0.640. The van der Waals surface area contributed by atoms with Crippen LogP contribution >= 0.6 is 11.6 Å². The molecule has 0 radical (unpaired) electrons. The lowest BCUT2D eigenvalue weighted by molar-refractivity contribution is 0.845. The van der Waals surface area contributed by atoms with Gasteiger partial charge in [0.05, 0.1) is 5.02 Å². The van der Waals surface area contributed by atoms with Gasteiger partial charge in [0.2, 0.25) is 0 Å². The van der Waals surface area contributed by atoms with E-state index >= 15 is 0 Å². The van der Waals surface area contributed by atoms with Gasteiger partial charge in [-0.05, 0) is 41.7 Å². The molecule has 0 aliphatic heterocycles. The highest BCUT2D eigenvalue weighted by atomic mass is 35.5. The van der Waals surface area contributed by atoms with Gasteiger partial charge in [-0.15, -0.1) is 0 Å². The van der Waals surface area contributed by atoms with Crippen molar-refractivity contribution in [3.05, 3.63) is 88.2 Å². The fraction of sp³-hybridized carbons (Fsp3) is 0.190. The van der Waals surface area contributed by atoms with Crippen molar-refractivity contribution in [3.8, 4) is 0 Å². The highest BCUT2D eigenvalue weighted by Crippen LogP contribution is 2.22. The molecule has 0 amide bonds. The normalized spacial score (nSPS) is 11.2. The number of aromatic amines is 1. The van der Waals surface area contributed by atoms with Crippen LogP contribution in [0.15, 0.2) is 55.1 Å². The average molecular weight is 363 g/mol. The Kier molecular flexibility index (Phi) is 4.67. The number of nitrogens with zero attached hydrogens (tertiary/aromatic N) is 3. The predicted octanol–water partition coefficient (Wildman–Crippen LogP) is 4.69. The maximum absolute atomic E-state index is 6.07. The first-order chi connectivity index (χ1) is 12.7. The molecular formula is C21H19ClN4. The van der Waals surface area contributed by atoms with E-state index in [0.29, 0.717) is 5.02 Å². The van der Waals surface area contributed by atoms with Gasteiger partial charge in [0.15, 0.2) is 0 Å². The van der Waals surface area contributed by atoms with Crippen LogP contribution in [0.3, 0.4) is 0 Å². The summed E-state index contributed by atoms with van der Waals surface area (Å²) >= 11 is 6.07. The third-order valence-corrected chi connectivity index (χ3v) is 4.82. The van der Waals surface area contributed by atoms with Gasteiger partial charge in [-0.25, -0.2) is 15.0 Å². The Balaban J connectivity index is 1.45. The van der Waals surface area contributed by atoms with Crippen molar-refractivity contribution in [2.45, 2.75) is 26.2 Å². The summed E-state index contributed by atoms with van der Waals surface area (Å²) in [5.41, 5.74) is 5.73. The van der Waals surface area contributed by atoms with Crippen molar-refractivity contribution in [2.24, 2.45) is 0 Å². The Bertz CT molecular complexity index is 1040. The summed E-state index contributed by atoms with van der Waals surface area (Å²) in [6.07, 6.45) is 10.0. The van der Waals surface area contributed by atoms with Gasteiger partial charge in [0.25, 0.3) is 0 Å². The summed E-state index contributed by atoms with van der Waals surface area (Å²) in [4.78, 5) is 16.6. The average Bonchev–Trinajstić information content (AvgIpc) is 3.04. The molecule has 4 nitrogen and oxygen atoms in total. The molecule has 4 aromatic rings. The molecule has 4 rings (SSSR count). The number of H-pyrrole nitrogens is 1. The second-order valence-corrected chi connectivity index (χ2v) is 6.91. The van der Waals surface area contributed by atoms with Gasteiger partial charge in [0.1, 0.15) is 11.5 Å². The number of hydrogen-bond acceptors (Lipinski definition) is 3. The van der Waals surface area contributed by atoms with Gasteiger partial charge in [0, 0.05) is 43.0 Å². The number of fused-ring (bicyclic) bond motifs is 1. The highest BCUT2D eigenvalue weighted by molar-refractivity contribution is 6.31. The van der Waals surface area contributed by atoms with Crippen molar-refractivity contribution < 1.29 is 0 Å². The van der Waals surface area contributed by atoms with Crippen LogP contribution < -0.4 is 0 Å². The Labute approximate surface area is 157 Å². The molecule has 26 heavy (non-hydrogen) atoms. The van der Waals surface area contributed by atoms with E-state index in [4.69, 9.17) is 11.6 Å². The molecular weight excluding hydrogens is 344 g/mol. The first-order valence-electron chi connectivity index (χ1n) is 8.65. The fourth-order valence-corrected chi connectivity index (χ4v) is 3.30. The minimum Gasteiger partial charge on any atom is -0.346 e. The van der Waals surface area contributed by atoms with E-state index in [1.807, 2.05) is 24.7 Å². The zero-order valence-electron chi connectivity index (χ0n) is 14.5. The zero-order valence-corrected chi connectivity index (χ0v) is 15.3. The lowest BCUT2D eigenvalue weighted by Gasteiger charge is -2.05. The molecule has 0 spiro atoms. The van der Waals surface area contributed by atoms with E-state index in [9.17, 15) is 0 Å². The maximum atomic E-state index is 6.07. The van der Waals surface area contributed by atoms with E-state index in [-0.39, 0.29) is 0 Å². The molecule has 3 heterocycles. The van der Waals surface area contributed by atoms with Crippen LogP contribution in [0.2, 0.25) is 5.02 Å². The van der Waals surface area contributed by atoms with Gasteiger partial charge >= 0.3 is 0 Å². The first-order valence-corrected chi connectivity index (χ1v) is 9.02. The van der Waals surface area contributed by atoms with Crippen molar-refractivity contribution in [3.63, 3.8) is 0 Å². The number of aromatic nitrogens is 4. The van der Waals surface area contributed by atoms with Gasteiger partial charge in [-0.3, -0.25) is 0 Å². The molecule has 0 saturated heterocycles. The second-order valence-electron chi connectivity index (χ2n) is 6.47. The van der Waals surface area contributed by atoms with Crippen molar-refractivity contribution >= 4 is 22.6 Å². The standard InChI is InChI=1S/C21H19ClN4/c1-14-4-2-3-5-16(14)6-7-20-23-10-15(11-24-20)8-17-12-25-21-19(17)9-18(22)13-26-21/h2-5,9-13H,6-8H2,1H3,(H,25,26). The maximum Gasteiger partial charge on any atom is 0.137 e. The Morgan fingerprint density at radius 3 is 2.58 bits per heavy atom. The van der Waals surface area contributed by atoms with Gasteiger partial charge in [-0.1, -0.05) is 35.9 Å². The van der Waals surface area contributed by atoms with E-state index in [1.165, 1.54) is 11.1 Å². The molecule has 0 bridgehead atoms. The Hall–Kier alpha value is -2.72. The van der Waals surface area contributed by atoms with Gasteiger partial charge < -0.3 is 4.98 Å². The first kappa shape index (κ1) is 16.7. The van der Waals surface area contributed by atoms with Crippen molar-refractivity contribution in [1.29, 1.82) is 0 Å². The number of hydrogen-bond donors (Lipinski definition) is 1. The number of aryl methyl sites for hydroxylation is 3. The molecule has 130 valence electrons. The van der Waals surface area contributed by atoms with Gasteiger partial charge in [-0.2, -0.15) is 0 Å². The number of rotatable bonds is 5. The topological polar surface area (TPSA) is 54.5 Å². The third kappa shape index (κ3) is 3.60. The molecule has 0 fully saturated rings. The summed E-state index contributed by atoms with van der Waals surface area (Å²) in [7, 11) is 0. The molecule has 0 atom stereocenters. The summed E-state index contributed by atoms with van der Waals surface area (Å²) < 4.78 is 0. The summed E-state index contributed by atoms with van der Waals surface area (Å²) in [6, 6.07) is 10.4. The monoisotopic (exact) mass is 362 g/mol.